The zero-order valence-electron chi connectivity index (χ0n) is 9.24. The minimum Gasteiger partial charge on any atom is -0.444 e. The first-order valence-corrected chi connectivity index (χ1v) is 4.81. The maximum atomic E-state index is 11.6. The largest absolute Gasteiger partial charge is 0.444 e. The van der Waals surface area contributed by atoms with Crippen molar-refractivity contribution in [1.29, 1.82) is 0 Å². The molecule has 1 aliphatic heterocycles. The smallest absolute Gasteiger partial charge is 0.411 e. The molecule has 1 atom stereocenters. The van der Waals surface area contributed by atoms with Crippen LogP contribution in [-0.4, -0.2) is 35.0 Å². The van der Waals surface area contributed by atoms with E-state index in [2.05, 4.69) is 5.92 Å². The Morgan fingerprint density at radius 3 is 2.67 bits per heavy atom. The molecule has 0 aromatic rings. The summed E-state index contributed by atoms with van der Waals surface area (Å²) in [6.07, 6.45) is 4.95. The summed E-state index contributed by atoms with van der Waals surface area (Å²) in [4.78, 5) is 24.1. The van der Waals surface area contributed by atoms with Gasteiger partial charge in [0.1, 0.15) is 11.6 Å². The molecule has 0 unspecified atom stereocenters. The van der Waals surface area contributed by atoms with E-state index in [1.807, 2.05) is 0 Å². The molecule has 0 radical (unpaired) electrons. The van der Waals surface area contributed by atoms with Crippen molar-refractivity contribution in [2.75, 3.05) is 6.54 Å². The first kappa shape index (κ1) is 11.6. The average Bonchev–Trinajstić information content (AvgIpc) is 2.43. The molecule has 1 aliphatic rings. The monoisotopic (exact) mass is 209 g/mol. The molecule has 1 rings (SSSR count). The number of hydrogen-bond donors (Lipinski definition) is 0. The Kier molecular flexibility index (Phi) is 3.04. The summed E-state index contributed by atoms with van der Waals surface area (Å²) in [5.74, 6) is 2.39. The molecule has 4 nitrogen and oxygen atoms in total. The number of terminal acetylenes is 1. The number of rotatable bonds is 0. The van der Waals surface area contributed by atoms with Gasteiger partial charge in [0.25, 0.3) is 0 Å². The van der Waals surface area contributed by atoms with Crippen molar-refractivity contribution >= 4 is 11.9 Å². The van der Waals surface area contributed by atoms with E-state index in [-0.39, 0.29) is 18.7 Å². The topological polar surface area (TPSA) is 46.6 Å². The summed E-state index contributed by atoms with van der Waals surface area (Å²) in [5, 5.41) is 0. The van der Waals surface area contributed by atoms with E-state index >= 15 is 0 Å². The Hall–Kier alpha value is -1.50. The molecule has 1 amide bonds. The number of likely N-dealkylation sites (tertiary alicyclic amines) is 1. The van der Waals surface area contributed by atoms with Crippen molar-refractivity contribution in [3.63, 3.8) is 0 Å². The number of amides is 1. The molecule has 1 heterocycles. The Balaban J connectivity index is 2.68. The Morgan fingerprint density at radius 2 is 2.20 bits per heavy atom. The highest BCUT2D eigenvalue weighted by Gasteiger charge is 2.35. The quantitative estimate of drug-likeness (QED) is 0.563. The number of ketones is 1. The Morgan fingerprint density at radius 1 is 1.60 bits per heavy atom. The van der Waals surface area contributed by atoms with Crippen LogP contribution in [0.5, 0.6) is 0 Å². The van der Waals surface area contributed by atoms with E-state index in [1.165, 1.54) is 4.90 Å². The predicted molar refractivity (Wildman–Crippen MR) is 55.2 cm³/mol. The Bertz CT molecular complexity index is 322. The van der Waals surface area contributed by atoms with Crippen molar-refractivity contribution < 1.29 is 14.3 Å². The van der Waals surface area contributed by atoms with Crippen LogP contribution < -0.4 is 0 Å². The van der Waals surface area contributed by atoms with Crippen molar-refractivity contribution in [1.82, 2.24) is 4.90 Å². The highest BCUT2D eigenvalue weighted by Crippen LogP contribution is 2.18. The van der Waals surface area contributed by atoms with Crippen LogP contribution in [0, 0.1) is 12.3 Å². The fourth-order valence-corrected chi connectivity index (χ4v) is 1.35. The molecule has 1 saturated heterocycles. The summed E-state index contributed by atoms with van der Waals surface area (Å²) in [6.45, 7) is 5.37. The predicted octanol–water partition coefficient (Wildman–Crippen LogP) is 1.20. The van der Waals surface area contributed by atoms with Gasteiger partial charge in [-0.1, -0.05) is 5.92 Å². The summed E-state index contributed by atoms with van der Waals surface area (Å²) in [6, 6.07) is -0.452. The van der Waals surface area contributed by atoms with Gasteiger partial charge < -0.3 is 4.74 Å². The molecule has 15 heavy (non-hydrogen) atoms. The lowest BCUT2D eigenvalue weighted by atomic mass is 10.2. The molecular weight excluding hydrogens is 194 g/mol. The van der Waals surface area contributed by atoms with Crippen molar-refractivity contribution in [3.8, 4) is 12.3 Å². The van der Waals surface area contributed by atoms with Crippen LogP contribution >= 0.6 is 0 Å². The van der Waals surface area contributed by atoms with Gasteiger partial charge in [-0.3, -0.25) is 9.69 Å². The minimum absolute atomic E-state index is 0.0243. The number of ether oxygens (including phenoxy) is 1. The van der Waals surface area contributed by atoms with E-state index in [1.54, 1.807) is 20.8 Å². The maximum absolute atomic E-state index is 11.6. The van der Waals surface area contributed by atoms with E-state index in [4.69, 9.17) is 11.2 Å². The molecule has 0 saturated carbocycles. The van der Waals surface area contributed by atoms with Gasteiger partial charge in [0, 0.05) is 6.42 Å². The summed E-state index contributed by atoms with van der Waals surface area (Å²) >= 11 is 0. The van der Waals surface area contributed by atoms with Gasteiger partial charge in [0.15, 0.2) is 5.78 Å². The zero-order chi connectivity index (χ0) is 11.6. The van der Waals surface area contributed by atoms with Gasteiger partial charge in [-0.2, -0.15) is 0 Å². The van der Waals surface area contributed by atoms with Gasteiger partial charge in [0.2, 0.25) is 0 Å². The lowest BCUT2D eigenvalue weighted by molar-refractivity contribution is -0.117. The third-order valence-electron chi connectivity index (χ3n) is 1.96. The molecule has 82 valence electrons. The molecule has 0 aromatic carbocycles. The number of Topliss-reactive ketones (excluding diaryl/α,β-unsaturated/α-hetero) is 1. The van der Waals surface area contributed by atoms with Crippen LogP contribution in [0.25, 0.3) is 0 Å². The SMILES string of the molecule is C#C[C@@H]1CC(=O)CN1C(=O)OC(C)(C)C. The molecule has 0 spiro atoms. The molecule has 0 aromatic heterocycles. The average molecular weight is 209 g/mol. The number of carbonyl (C=O) groups excluding carboxylic acids is 2. The summed E-state index contributed by atoms with van der Waals surface area (Å²) in [5.41, 5.74) is -0.568. The third kappa shape index (κ3) is 2.98. The van der Waals surface area contributed by atoms with Crippen molar-refractivity contribution in [2.24, 2.45) is 0 Å². The minimum atomic E-state index is -0.568. The van der Waals surface area contributed by atoms with Crippen LogP contribution in [0.3, 0.4) is 0 Å². The van der Waals surface area contributed by atoms with E-state index < -0.39 is 17.7 Å². The highest BCUT2D eigenvalue weighted by atomic mass is 16.6. The first-order valence-electron chi connectivity index (χ1n) is 4.81. The van der Waals surface area contributed by atoms with Gasteiger partial charge in [-0.15, -0.1) is 6.42 Å². The number of nitrogens with zero attached hydrogens (tertiary/aromatic N) is 1. The Labute approximate surface area is 89.6 Å². The lowest BCUT2D eigenvalue weighted by Crippen LogP contribution is -2.39. The van der Waals surface area contributed by atoms with E-state index in [9.17, 15) is 9.59 Å². The summed E-state index contributed by atoms with van der Waals surface area (Å²) < 4.78 is 5.14. The second-order valence-corrected chi connectivity index (χ2v) is 4.53. The van der Waals surface area contributed by atoms with Crippen LogP contribution in [0.1, 0.15) is 27.2 Å². The number of carbonyl (C=O) groups is 2. The molecule has 0 bridgehead atoms. The van der Waals surface area contributed by atoms with Gasteiger partial charge in [0.05, 0.1) is 6.54 Å². The lowest BCUT2D eigenvalue weighted by Gasteiger charge is -2.25. The standard InChI is InChI=1S/C11H15NO3/c1-5-8-6-9(13)7-12(8)10(14)15-11(2,3)4/h1,8H,6-7H2,2-4H3/t8-/m1/s1. The molecule has 4 heteroatoms. The fourth-order valence-electron chi connectivity index (χ4n) is 1.35. The normalized spacial score (nSPS) is 21.3. The second-order valence-electron chi connectivity index (χ2n) is 4.53. The number of hydrogen-bond acceptors (Lipinski definition) is 3. The third-order valence-corrected chi connectivity index (χ3v) is 1.96. The van der Waals surface area contributed by atoms with Gasteiger partial charge in [-0.05, 0) is 20.8 Å². The van der Waals surface area contributed by atoms with Crippen LogP contribution in [0.15, 0.2) is 0 Å². The van der Waals surface area contributed by atoms with E-state index in [0.29, 0.717) is 0 Å². The van der Waals surface area contributed by atoms with Gasteiger partial charge >= 0.3 is 6.09 Å². The zero-order valence-corrected chi connectivity index (χ0v) is 9.24. The van der Waals surface area contributed by atoms with Crippen molar-refractivity contribution in [2.45, 2.75) is 38.8 Å². The van der Waals surface area contributed by atoms with Crippen molar-refractivity contribution in [3.05, 3.63) is 0 Å². The van der Waals surface area contributed by atoms with E-state index in [0.717, 1.165) is 0 Å². The summed E-state index contributed by atoms with van der Waals surface area (Å²) in [7, 11) is 0. The van der Waals surface area contributed by atoms with Gasteiger partial charge in [-0.25, -0.2) is 4.79 Å². The van der Waals surface area contributed by atoms with Crippen LogP contribution in [0.2, 0.25) is 0 Å². The molecule has 0 N–H and O–H groups in total. The molecule has 0 aliphatic carbocycles. The highest BCUT2D eigenvalue weighted by molar-refractivity contribution is 5.89. The van der Waals surface area contributed by atoms with Crippen LogP contribution in [0.4, 0.5) is 4.79 Å². The second kappa shape index (κ2) is 3.93. The molecular formula is C11H15NO3. The molecule has 1 fully saturated rings. The first-order chi connectivity index (χ1) is 6.83. The van der Waals surface area contributed by atoms with Crippen LogP contribution in [-0.2, 0) is 9.53 Å². The maximum Gasteiger partial charge on any atom is 0.411 e. The fraction of sp³-hybridized carbons (Fsp3) is 0.636.